The maximum absolute atomic E-state index is 10.8. The zero-order valence-corrected chi connectivity index (χ0v) is 20.6. The molecule has 0 amide bonds. The SMILES string of the molecule is CC(=O)OC[C@@H](O)COc1ccc(C(C)(C)C2=CC(Cl)=C(OC[C@H](O)CCl)C(Cl)C2)cc1. The van der Waals surface area contributed by atoms with Gasteiger partial charge in [0.1, 0.15) is 43.5 Å². The number of hydrogen-bond donors (Lipinski definition) is 2. The lowest BCUT2D eigenvalue weighted by Gasteiger charge is -2.33. The number of carbonyl (C=O) groups is 1. The van der Waals surface area contributed by atoms with Crippen molar-refractivity contribution in [1.29, 1.82) is 0 Å². The van der Waals surface area contributed by atoms with Gasteiger partial charge in [0.15, 0.2) is 0 Å². The fourth-order valence-electron chi connectivity index (χ4n) is 3.15. The Morgan fingerprint density at radius 1 is 1.12 bits per heavy atom. The highest BCUT2D eigenvalue weighted by molar-refractivity contribution is 6.33. The summed E-state index contributed by atoms with van der Waals surface area (Å²) in [6.45, 7) is 5.37. The monoisotopic (exact) mass is 506 g/mol. The van der Waals surface area contributed by atoms with Crippen LogP contribution >= 0.6 is 34.8 Å². The summed E-state index contributed by atoms with van der Waals surface area (Å²) in [7, 11) is 0. The molecular weight excluding hydrogens is 479 g/mol. The molecule has 1 aliphatic rings. The molecule has 1 aromatic rings. The molecule has 32 heavy (non-hydrogen) atoms. The molecule has 0 saturated heterocycles. The Morgan fingerprint density at radius 3 is 2.31 bits per heavy atom. The Balaban J connectivity index is 2.06. The van der Waals surface area contributed by atoms with E-state index in [0.717, 1.165) is 11.1 Å². The summed E-state index contributed by atoms with van der Waals surface area (Å²) >= 11 is 18.6. The number of alkyl halides is 2. The van der Waals surface area contributed by atoms with Crippen LogP contribution in [0.15, 0.2) is 46.7 Å². The number of allylic oxidation sites excluding steroid dienone is 4. The molecule has 9 heteroatoms. The second-order valence-corrected chi connectivity index (χ2v) is 9.33. The highest BCUT2D eigenvalue weighted by Gasteiger charge is 2.33. The molecule has 178 valence electrons. The van der Waals surface area contributed by atoms with Crippen LogP contribution in [-0.4, -0.2) is 59.5 Å². The van der Waals surface area contributed by atoms with Gasteiger partial charge in [-0.05, 0) is 30.2 Å². The van der Waals surface area contributed by atoms with Crippen molar-refractivity contribution in [2.24, 2.45) is 0 Å². The van der Waals surface area contributed by atoms with Gasteiger partial charge in [0.2, 0.25) is 0 Å². The van der Waals surface area contributed by atoms with Gasteiger partial charge in [0.05, 0.1) is 16.3 Å². The Kier molecular flexibility index (Phi) is 10.2. The Morgan fingerprint density at radius 2 is 1.75 bits per heavy atom. The Bertz CT molecular complexity index is 835. The van der Waals surface area contributed by atoms with Crippen molar-refractivity contribution in [3.05, 3.63) is 52.3 Å². The largest absolute Gasteiger partial charge is 0.492 e. The number of esters is 1. The van der Waals surface area contributed by atoms with Crippen molar-refractivity contribution in [3.63, 3.8) is 0 Å². The van der Waals surface area contributed by atoms with Crippen LogP contribution in [0.3, 0.4) is 0 Å². The highest BCUT2D eigenvalue weighted by atomic mass is 35.5. The fraction of sp³-hybridized carbons (Fsp3) is 0.522. The van der Waals surface area contributed by atoms with E-state index in [2.05, 4.69) is 13.8 Å². The lowest BCUT2D eigenvalue weighted by molar-refractivity contribution is -0.144. The lowest BCUT2D eigenvalue weighted by Crippen LogP contribution is -2.27. The van der Waals surface area contributed by atoms with Crippen LogP contribution < -0.4 is 4.74 Å². The topological polar surface area (TPSA) is 85.2 Å². The summed E-state index contributed by atoms with van der Waals surface area (Å²) in [6.07, 6.45) is 0.706. The van der Waals surface area contributed by atoms with Crippen LogP contribution in [0.4, 0.5) is 0 Å². The minimum Gasteiger partial charge on any atom is -0.492 e. The van der Waals surface area contributed by atoms with Crippen molar-refractivity contribution in [3.8, 4) is 5.75 Å². The van der Waals surface area contributed by atoms with Gasteiger partial charge in [-0.25, -0.2) is 0 Å². The molecule has 1 unspecified atom stereocenters. The van der Waals surface area contributed by atoms with E-state index >= 15 is 0 Å². The van der Waals surface area contributed by atoms with E-state index < -0.39 is 23.6 Å². The average molecular weight is 508 g/mol. The van der Waals surface area contributed by atoms with E-state index in [-0.39, 0.29) is 31.1 Å². The number of aliphatic hydroxyl groups is 2. The predicted octanol–water partition coefficient (Wildman–Crippen LogP) is 4.27. The third-order valence-electron chi connectivity index (χ3n) is 5.13. The second kappa shape index (κ2) is 12.1. The minimum atomic E-state index is -0.904. The summed E-state index contributed by atoms with van der Waals surface area (Å²) in [5.41, 5.74) is 1.71. The number of rotatable bonds is 11. The molecule has 2 N–H and O–H groups in total. The number of aliphatic hydroxyl groups excluding tert-OH is 2. The smallest absolute Gasteiger partial charge is 0.302 e. The van der Waals surface area contributed by atoms with Crippen LogP contribution in [0, 0.1) is 0 Å². The molecule has 1 aromatic carbocycles. The Hall–Kier alpha value is -1.44. The molecule has 0 aliphatic heterocycles. The number of benzene rings is 1. The summed E-state index contributed by atoms with van der Waals surface area (Å²) in [5.74, 6) is 0.642. The van der Waals surface area contributed by atoms with Crippen LogP contribution in [0.5, 0.6) is 5.75 Å². The molecule has 0 radical (unpaired) electrons. The minimum absolute atomic E-state index is 0.0106. The third-order valence-corrected chi connectivity index (χ3v) is 6.13. The number of ether oxygens (including phenoxy) is 3. The normalized spacial score (nSPS) is 18.6. The molecule has 0 fully saturated rings. The van der Waals surface area contributed by atoms with Crippen molar-refractivity contribution in [1.82, 2.24) is 0 Å². The molecule has 6 nitrogen and oxygen atoms in total. The molecule has 2 rings (SSSR count). The van der Waals surface area contributed by atoms with Gasteiger partial charge in [-0.2, -0.15) is 0 Å². The molecular formula is C23H29Cl3O6. The first-order valence-electron chi connectivity index (χ1n) is 10.2. The number of halogens is 3. The van der Waals surface area contributed by atoms with E-state index in [1.807, 2.05) is 30.3 Å². The van der Waals surface area contributed by atoms with Crippen LogP contribution in [0.25, 0.3) is 0 Å². The van der Waals surface area contributed by atoms with Gasteiger partial charge in [-0.3, -0.25) is 4.79 Å². The second-order valence-electron chi connectivity index (χ2n) is 8.09. The van der Waals surface area contributed by atoms with Crippen molar-refractivity contribution in [2.75, 3.05) is 25.7 Å². The Labute approximate surface area is 203 Å². The molecule has 0 saturated carbocycles. The third kappa shape index (κ3) is 7.56. The summed E-state index contributed by atoms with van der Waals surface area (Å²) in [4.78, 5) is 10.8. The van der Waals surface area contributed by atoms with Gasteiger partial charge in [-0.15, -0.1) is 23.2 Å². The van der Waals surface area contributed by atoms with Crippen molar-refractivity contribution >= 4 is 40.8 Å². The quantitative estimate of drug-likeness (QED) is 0.344. The molecule has 0 heterocycles. The van der Waals surface area contributed by atoms with Gasteiger partial charge < -0.3 is 24.4 Å². The van der Waals surface area contributed by atoms with Gasteiger partial charge >= 0.3 is 5.97 Å². The molecule has 0 spiro atoms. The van der Waals surface area contributed by atoms with Gasteiger partial charge in [0, 0.05) is 12.3 Å². The van der Waals surface area contributed by atoms with E-state index in [4.69, 9.17) is 49.0 Å². The van der Waals surface area contributed by atoms with E-state index in [1.165, 1.54) is 6.92 Å². The van der Waals surface area contributed by atoms with Crippen LogP contribution in [-0.2, 0) is 19.7 Å². The maximum atomic E-state index is 10.8. The molecule has 0 bridgehead atoms. The van der Waals surface area contributed by atoms with E-state index in [1.54, 1.807) is 0 Å². The summed E-state index contributed by atoms with van der Waals surface area (Å²) < 4.78 is 15.9. The standard InChI is InChI=1S/C23H29Cl3O6/c1-14(27)30-12-18(29)13-31-19-6-4-15(5-7-19)23(2,3)16-8-20(25)22(21(26)9-16)32-11-17(28)10-24/h4-8,17-18,21,28-29H,9-13H2,1-3H3/t17-,18-,21?/m1/s1. The lowest BCUT2D eigenvalue weighted by atomic mass is 9.74. The highest BCUT2D eigenvalue weighted by Crippen LogP contribution is 2.41. The predicted molar refractivity (Wildman–Crippen MR) is 126 cm³/mol. The fourth-order valence-corrected chi connectivity index (χ4v) is 3.96. The molecule has 1 aliphatic carbocycles. The van der Waals surface area contributed by atoms with Crippen molar-refractivity contribution < 1.29 is 29.2 Å². The number of carbonyl (C=O) groups excluding carboxylic acids is 1. The summed E-state index contributed by atoms with van der Waals surface area (Å²) in [6, 6.07) is 7.52. The average Bonchev–Trinajstić information content (AvgIpc) is 2.75. The first kappa shape index (κ1) is 26.8. The van der Waals surface area contributed by atoms with Crippen LogP contribution in [0.1, 0.15) is 32.8 Å². The maximum Gasteiger partial charge on any atom is 0.302 e. The first-order chi connectivity index (χ1) is 15.0. The first-order valence-corrected chi connectivity index (χ1v) is 11.6. The van der Waals surface area contributed by atoms with Gasteiger partial charge in [-0.1, -0.05) is 43.2 Å². The zero-order chi connectivity index (χ0) is 23.9. The van der Waals surface area contributed by atoms with E-state index in [9.17, 15) is 15.0 Å². The van der Waals surface area contributed by atoms with Crippen LogP contribution in [0.2, 0.25) is 0 Å². The van der Waals surface area contributed by atoms with Crippen molar-refractivity contribution in [2.45, 2.75) is 50.2 Å². The van der Waals surface area contributed by atoms with E-state index in [0.29, 0.717) is 23.0 Å². The molecule has 3 atom stereocenters. The summed E-state index contributed by atoms with van der Waals surface area (Å²) in [5, 5.41) is 19.4. The molecule has 0 aromatic heterocycles. The number of hydrogen-bond acceptors (Lipinski definition) is 6. The zero-order valence-electron chi connectivity index (χ0n) is 18.3. The van der Waals surface area contributed by atoms with Gasteiger partial charge in [0.25, 0.3) is 0 Å².